The van der Waals surface area contributed by atoms with Crippen molar-refractivity contribution in [3.05, 3.63) is 67.1 Å². The molecule has 1 amide bonds. The lowest BCUT2D eigenvalue weighted by Crippen LogP contribution is -2.14. The molecule has 0 bridgehead atoms. The van der Waals surface area contributed by atoms with E-state index in [2.05, 4.69) is 21.2 Å². The van der Waals surface area contributed by atoms with Crippen LogP contribution in [0.3, 0.4) is 0 Å². The number of amides is 1. The Morgan fingerprint density at radius 2 is 2.05 bits per heavy atom. The molecule has 0 radical (unpaired) electrons. The van der Waals surface area contributed by atoms with Crippen molar-refractivity contribution in [1.29, 1.82) is 0 Å². The summed E-state index contributed by atoms with van der Waals surface area (Å²) in [7, 11) is 0. The van der Waals surface area contributed by atoms with Gasteiger partial charge in [-0.1, -0.05) is 23.7 Å². The van der Waals surface area contributed by atoms with E-state index in [1.807, 2.05) is 19.1 Å². The second kappa shape index (κ2) is 6.24. The number of hydrogen-bond donors (Lipinski definition) is 1. The van der Waals surface area contributed by atoms with Gasteiger partial charge in [-0.2, -0.15) is 0 Å². The standard InChI is InChI=1S/C14H10BrClN2O3/c1-8-5-6-12(10(15)7-8)17-14(19)9-3-2-4-11(16)13(9)18(20)21/h2-7H,1H3,(H,17,19). The van der Waals surface area contributed by atoms with Gasteiger partial charge in [0.1, 0.15) is 10.6 Å². The molecule has 2 aromatic carbocycles. The molecule has 0 heterocycles. The summed E-state index contributed by atoms with van der Waals surface area (Å²) >= 11 is 9.13. The highest BCUT2D eigenvalue weighted by Gasteiger charge is 2.23. The van der Waals surface area contributed by atoms with Gasteiger partial charge in [-0.25, -0.2) is 0 Å². The Morgan fingerprint density at radius 1 is 1.33 bits per heavy atom. The monoisotopic (exact) mass is 368 g/mol. The molecule has 108 valence electrons. The Hall–Kier alpha value is -1.92. The van der Waals surface area contributed by atoms with Gasteiger partial charge < -0.3 is 5.32 Å². The minimum atomic E-state index is -0.665. The minimum Gasteiger partial charge on any atom is -0.321 e. The molecule has 0 aliphatic rings. The Morgan fingerprint density at radius 3 is 2.67 bits per heavy atom. The maximum absolute atomic E-state index is 12.2. The number of carbonyl (C=O) groups excluding carboxylic acids is 1. The van der Waals surface area contributed by atoms with Crippen molar-refractivity contribution in [3.63, 3.8) is 0 Å². The van der Waals surface area contributed by atoms with Crippen molar-refractivity contribution in [2.75, 3.05) is 5.32 Å². The quantitative estimate of drug-likeness (QED) is 0.636. The number of hydrogen-bond acceptors (Lipinski definition) is 3. The first-order chi connectivity index (χ1) is 9.90. The fourth-order valence-corrected chi connectivity index (χ4v) is 2.63. The maximum atomic E-state index is 12.2. The molecular formula is C14H10BrClN2O3. The fourth-order valence-electron chi connectivity index (χ4n) is 1.80. The first-order valence-corrected chi connectivity index (χ1v) is 7.07. The van der Waals surface area contributed by atoms with Gasteiger partial charge in [0.15, 0.2) is 0 Å². The molecule has 7 heteroatoms. The van der Waals surface area contributed by atoms with Gasteiger partial charge in [0, 0.05) is 4.47 Å². The van der Waals surface area contributed by atoms with E-state index in [-0.39, 0.29) is 10.6 Å². The summed E-state index contributed by atoms with van der Waals surface area (Å²) in [5.41, 5.74) is 1.06. The second-order valence-electron chi connectivity index (χ2n) is 4.33. The molecule has 5 nitrogen and oxygen atoms in total. The number of nitro groups is 1. The summed E-state index contributed by atoms with van der Waals surface area (Å²) in [5, 5.41) is 13.6. The normalized spacial score (nSPS) is 10.2. The van der Waals surface area contributed by atoms with E-state index in [0.717, 1.165) is 5.56 Å². The van der Waals surface area contributed by atoms with Crippen LogP contribution in [0.2, 0.25) is 5.02 Å². The van der Waals surface area contributed by atoms with Crippen LogP contribution in [-0.2, 0) is 0 Å². The predicted octanol–water partition coefficient (Wildman–Crippen LogP) is 4.57. The summed E-state index contributed by atoms with van der Waals surface area (Å²) in [6.45, 7) is 1.91. The van der Waals surface area contributed by atoms with E-state index in [1.165, 1.54) is 18.2 Å². The van der Waals surface area contributed by atoms with Gasteiger partial charge in [-0.05, 0) is 52.7 Å². The van der Waals surface area contributed by atoms with Gasteiger partial charge in [-0.15, -0.1) is 0 Å². The molecule has 21 heavy (non-hydrogen) atoms. The van der Waals surface area contributed by atoms with Crippen molar-refractivity contribution in [1.82, 2.24) is 0 Å². The summed E-state index contributed by atoms with van der Waals surface area (Å²) in [4.78, 5) is 22.6. The number of anilines is 1. The first kappa shape index (κ1) is 15.5. The topological polar surface area (TPSA) is 72.2 Å². The van der Waals surface area contributed by atoms with Crippen LogP contribution in [-0.4, -0.2) is 10.8 Å². The molecule has 0 aliphatic carbocycles. The third-order valence-corrected chi connectivity index (χ3v) is 3.75. The highest BCUT2D eigenvalue weighted by atomic mass is 79.9. The molecule has 0 fully saturated rings. The molecule has 2 aromatic rings. The molecule has 0 atom stereocenters. The van der Waals surface area contributed by atoms with Crippen molar-refractivity contribution < 1.29 is 9.72 Å². The number of benzene rings is 2. The van der Waals surface area contributed by atoms with Crippen LogP contribution in [0.4, 0.5) is 11.4 Å². The van der Waals surface area contributed by atoms with E-state index < -0.39 is 16.5 Å². The molecule has 0 saturated heterocycles. The summed E-state index contributed by atoms with van der Waals surface area (Å²) in [6.07, 6.45) is 0. The zero-order valence-corrected chi connectivity index (χ0v) is 13.2. The van der Waals surface area contributed by atoms with Crippen LogP contribution in [0.1, 0.15) is 15.9 Å². The van der Waals surface area contributed by atoms with Crippen molar-refractivity contribution in [2.24, 2.45) is 0 Å². The number of rotatable bonds is 3. The number of nitrogens with one attached hydrogen (secondary N) is 1. The molecular weight excluding hydrogens is 360 g/mol. The number of para-hydroxylation sites is 1. The summed E-state index contributed by atoms with van der Waals surface area (Å²) < 4.78 is 0.695. The summed E-state index contributed by atoms with van der Waals surface area (Å²) in [5.74, 6) is -0.589. The lowest BCUT2D eigenvalue weighted by Gasteiger charge is -2.09. The molecule has 0 spiro atoms. The van der Waals surface area contributed by atoms with Crippen LogP contribution in [0.15, 0.2) is 40.9 Å². The number of nitro benzene ring substituents is 1. The lowest BCUT2D eigenvalue weighted by molar-refractivity contribution is -0.385. The number of carbonyl (C=O) groups is 1. The van der Waals surface area contributed by atoms with Crippen molar-refractivity contribution >= 4 is 44.8 Å². The maximum Gasteiger partial charge on any atom is 0.300 e. The van der Waals surface area contributed by atoms with Crippen LogP contribution < -0.4 is 5.32 Å². The van der Waals surface area contributed by atoms with Gasteiger partial charge >= 0.3 is 5.69 Å². The molecule has 0 unspecified atom stereocenters. The van der Waals surface area contributed by atoms with Gasteiger partial charge in [0.2, 0.25) is 0 Å². The van der Waals surface area contributed by atoms with Crippen molar-refractivity contribution in [2.45, 2.75) is 6.92 Å². The van der Waals surface area contributed by atoms with Gasteiger partial charge in [0.05, 0.1) is 10.6 Å². The first-order valence-electron chi connectivity index (χ1n) is 5.90. The minimum absolute atomic E-state index is 0.0735. The third kappa shape index (κ3) is 3.40. The van der Waals surface area contributed by atoms with E-state index in [1.54, 1.807) is 6.07 Å². The molecule has 1 N–H and O–H groups in total. The Kier molecular flexibility index (Phi) is 4.59. The third-order valence-electron chi connectivity index (χ3n) is 2.79. The number of halogens is 2. The SMILES string of the molecule is Cc1ccc(NC(=O)c2cccc(Cl)c2[N+](=O)[O-])c(Br)c1. The Bertz CT molecular complexity index is 734. The lowest BCUT2D eigenvalue weighted by atomic mass is 10.1. The second-order valence-corrected chi connectivity index (χ2v) is 5.59. The van der Waals surface area contributed by atoms with Crippen LogP contribution >= 0.6 is 27.5 Å². The molecule has 0 aromatic heterocycles. The largest absolute Gasteiger partial charge is 0.321 e. The van der Waals surface area contributed by atoms with Crippen LogP contribution in [0.5, 0.6) is 0 Å². The highest BCUT2D eigenvalue weighted by molar-refractivity contribution is 9.10. The number of aryl methyl sites for hydroxylation is 1. The summed E-state index contributed by atoms with van der Waals surface area (Å²) in [6, 6.07) is 9.61. The fraction of sp³-hybridized carbons (Fsp3) is 0.0714. The Balaban J connectivity index is 2.37. The van der Waals surface area contributed by atoms with Crippen LogP contribution in [0, 0.1) is 17.0 Å². The van der Waals surface area contributed by atoms with E-state index in [4.69, 9.17) is 11.6 Å². The smallest absolute Gasteiger partial charge is 0.300 e. The van der Waals surface area contributed by atoms with E-state index in [9.17, 15) is 14.9 Å². The van der Waals surface area contributed by atoms with Gasteiger partial charge in [-0.3, -0.25) is 14.9 Å². The molecule has 0 aliphatic heterocycles. The zero-order chi connectivity index (χ0) is 15.6. The molecule has 0 saturated carbocycles. The predicted molar refractivity (Wildman–Crippen MR) is 84.9 cm³/mol. The van der Waals surface area contributed by atoms with E-state index >= 15 is 0 Å². The Labute approximate surface area is 134 Å². The average molecular weight is 370 g/mol. The highest BCUT2D eigenvalue weighted by Crippen LogP contribution is 2.30. The van der Waals surface area contributed by atoms with Crippen molar-refractivity contribution in [3.8, 4) is 0 Å². The van der Waals surface area contributed by atoms with Crippen LogP contribution in [0.25, 0.3) is 0 Å². The number of nitrogens with zero attached hydrogens (tertiary/aromatic N) is 1. The molecule has 2 rings (SSSR count). The van der Waals surface area contributed by atoms with Gasteiger partial charge in [0.25, 0.3) is 5.91 Å². The average Bonchev–Trinajstić information content (AvgIpc) is 2.41. The zero-order valence-electron chi connectivity index (χ0n) is 10.9. The van der Waals surface area contributed by atoms with E-state index in [0.29, 0.717) is 10.2 Å².